The molecule has 1 fully saturated rings. The molecule has 2 atom stereocenters. The number of hydrogen-bond acceptors (Lipinski definition) is 5. The van der Waals surface area contributed by atoms with Crippen molar-refractivity contribution in [2.24, 2.45) is 5.92 Å². The highest BCUT2D eigenvalue weighted by Gasteiger charge is 2.33. The van der Waals surface area contributed by atoms with Crippen LogP contribution in [0.4, 0.5) is 18.9 Å². The molecule has 11 heteroatoms. The van der Waals surface area contributed by atoms with E-state index in [4.69, 9.17) is 5.73 Å². The number of nitrogens with two attached hydrogens (primary N) is 1. The van der Waals surface area contributed by atoms with Crippen LogP contribution in [0.25, 0.3) is 0 Å². The summed E-state index contributed by atoms with van der Waals surface area (Å²) in [5, 5.41) is 5.08. The minimum atomic E-state index is -4.64. The SMILES string of the molecule is CCc1ccc(S(=O)(=O)C[C@H]2CCCC[C@@H]2NC(=O)CNC(=O)c2cc(C(F)(F)F)ccc2N)cc1. The maximum atomic E-state index is 13.0. The molecule has 0 bridgehead atoms. The van der Waals surface area contributed by atoms with Gasteiger partial charge in [-0.1, -0.05) is 31.9 Å². The first-order valence-corrected chi connectivity index (χ1v) is 13.4. The maximum absolute atomic E-state index is 13.0. The Morgan fingerprint density at radius 3 is 2.36 bits per heavy atom. The van der Waals surface area contributed by atoms with Crippen LogP contribution < -0.4 is 16.4 Å². The van der Waals surface area contributed by atoms with Crippen molar-refractivity contribution in [2.75, 3.05) is 18.0 Å². The topological polar surface area (TPSA) is 118 Å². The lowest BCUT2D eigenvalue weighted by molar-refractivity contribution is -0.137. The number of anilines is 1. The molecule has 0 spiro atoms. The number of carbonyl (C=O) groups is 2. The van der Waals surface area contributed by atoms with Crippen molar-refractivity contribution < 1.29 is 31.2 Å². The molecule has 1 aliphatic rings. The number of hydrogen-bond donors (Lipinski definition) is 3. The normalized spacial score (nSPS) is 18.4. The summed E-state index contributed by atoms with van der Waals surface area (Å²) in [6.07, 6.45) is -0.964. The fraction of sp³-hybridized carbons (Fsp3) is 0.440. The van der Waals surface area contributed by atoms with Crippen LogP contribution in [-0.2, 0) is 27.2 Å². The Morgan fingerprint density at radius 1 is 1.06 bits per heavy atom. The van der Waals surface area contributed by atoms with Gasteiger partial charge >= 0.3 is 6.18 Å². The highest BCUT2D eigenvalue weighted by Crippen LogP contribution is 2.31. The number of alkyl halides is 3. The second-order valence-corrected chi connectivity index (χ2v) is 11.0. The highest BCUT2D eigenvalue weighted by atomic mass is 32.2. The fourth-order valence-corrected chi connectivity index (χ4v) is 6.06. The van der Waals surface area contributed by atoms with Crippen LogP contribution in [0.2, 0.25) is 0 Å². The number of halogens is 3. The molecule has 7 nitrogen and oxygen atoms in total. The summed E-state index contributed by atoms with van der Waals surface area (Å²) in [6, 6.07) is 8.76. The molecular formula is C25H30F3N3O4S. The zero-order valence-electron chi connectivity index (χ0n) is 19.9. The molecule has 0 aromatic heterocycles. The molecule has 36 heavy (non-hydrogen) atoms. The molecule has 0 heterocycles. The van der Waals surface area contributed by atoms with E-state index in [1.54, 1.807) is 24.3 Å². The van der Waals surface area contributed by atoms with Gasteiger partial charge in [0.15, 0.2) is 9.84 Å². The first kappa shape index (κ1) is 27.5. The molecule has 0 saturated heterocycles. The van der Waals surface area contributed by atoms with Gasteiger partial charge < -0.3 is 16.4 Å². The fourth-order valence-electron chi connectivity index (χ4n) is 4.35. The van der Waals surface area contributed by atoms with Gasteiger partial charge in [0.2, 0.25) is 5.91 Å². The quantitative estimate of drug-likeness (QED) is 0.454. The van der Waals surface area contributed by atoms with E-state index in [9.17, 15) is 31.2 Å². The first-order chi connectivity index (χ1) is 16.9. The van der Waals surface area contributed by atoms with Gasteiger partial charge in [-0.2, -0.15) is 13.2 Å². The molecule has 0 unspecified atom stereocenters. The Balaban J connectivity index is 1.61. The summed E-state index contributed by atoms with van der Waals surface area (Å²) in [4.78, 5) is 25.1. The second-order valence-electron chi connectivity index (χ2n) is 8.98. The number of nitrogen functional groups attached to an aromatic ring is 1. The van der Waals surface area contributed by atoms with E-state index in [2.05, 4.69) is 10.6 Å². The summed E-state index contributed by atoms with van der Waals surface area (Å²) in [6.45, 7) is 1.50. The van der Waals surface area contributed by atoms with Crippen LogP contribution in [0.15, 0.2) is 47.4 Å². The largest absolute Gasteiger partial charge is 0.416 e. The smallest absolute Gasteiger partial charge is 0.398 e. The average Bonchev–Trinajstić information content (AvgIpc) is 2.83. The lowest BCUT2D eigenvalue weighted by atomic mass is 9.86. The molecule has 2 aromatic rings. The Hall–Kier alpha value is -3.08. The van der Waals surface area contributed by atoms with Gasteiger partial charge in [0.25, 0.3) is 5.91 Å². The zero-order valence-corrected chi connectivity index (χ0v) is 20.7. The lowest BCUT2D eigenvalue weighted by Gasteiger charge is -2.32. The van der Waals surface area contributed by atoms with Gasteiger partial charge in [-0.15, -0.1) is 0 Å². The van der Waals surface area contributed by atoms with Crippen molar-refractivity contribution in [3.8, 4) is 0 Å². The average molecular weight is 526 g/mol. The van der Waals surface area contributed by atoms with Gasteiger partial charge in [0, 0.05) is 11.7 Å². The van der Waals surface area contributed by atoms with Crippen molar-refractivity contribution in [1.29, 1.82) is 0 Å². The summed E-state index contributed by atoms with van der Waals surface area (Å²) in [7, 11) is -3.56. The second kappa shape index (κ2) is 11.3. The monoisotopic (exact) mass is 525 g/mol. The number of aryl methyl sites for hydroxylation is 1. The van der Waals surface area contributed by atoms with Gasteiger partial charge in [-0.25, -0.2) is 8.42 Å². The molecule has 0 radical (unpaired) electrons. The predicted molar refractivity (Wildman–Crippen MR) is 130 cm³/mol. The number of benzene rings is 2. The van der Waals surface area contributed by atoms with Crippen molar-refractivity contribution in [1.82, 2.24) is 10.6 Å². The van der Waals surface area contributed by atoms with Crippen molar-refractivity contribution in [2.45, 2.75) is 56.1 Å². The van der Waals surface area contributed by atoms with Crippen LogP contribution in [0, 0.1) is 5.92 Å². The van der Waals surface area contributed by atoms with E-state index in [-0.39, 0.29) is 27.8 Å². The molecule has 4 N–H and O–H groups in total. The number of sulfone groups is 1. The number of amides is 2. The third-order valence-corrected chi connectivity index (χ3v) is 8.27. The minimum absolute atomic E-state index is 0.115. The molecule has 3 rings (SSSR count). The molecule has 2 aromatic carbocycles. The Bertz CT molecular complexity index is 1200. The van der Waals surface area contributed by atoms with Gasteiger partial charge in [0.05, 0.1) is 28.3 Å². The minimum Gasteiger partial charge on any atom is -0.398 e. The highest BCUT2D eigenvalue weighted by molar-refractivity contribution is 7.91. The van der Waals surface area contributed by atoms with Crippen molar-refractivity contribution in [3.05, 3.63) is 59.2 Å². The third kappa shape index (κ3) is 6.99. The Labute approximate surface area is 208 Å². The van der Waals surface area contributed by atoms with E-state index < -0.39 is 46.0 Å². The standard InChI is InChI=1S/C25H30F3N3O4S/c1-2-16-7-10-19(11-8-16)36(34,35)15-17-5-3-4-6-22(17)31-23(32)14-30-24(33)20-13-18(25(26,27)28)9-12-21(20)29/h7-13,17,22H,2-6,14-15,29H2,1H3,(H,30,33)(H,31,32)/t17-,22+/m1/s1. The van der Waals surface area contributed by atoms with Crippen LogP contribution in [0.1, 0.15) is 54.1 Å². The molecule has 2 amide bonds. The molecule has 1 aliphatic carbocycles. The molecular weight excluding hydrogens is 495 g/mol. The van der Waals surface area contributed by atoms with Crippen molar-refractivity contribution in [3.63, 3.8) is 0 Å². The summed E-state index contributed by atoms with van der Waals surface area (Å²) in [5.74, 6) is -1.88. The maximum Gasteiger partial charge on any atom is 0.416 e. The number of nitrogens with one attached hydrogen (secondary N) is 2. The van der Waals surface area contributed by atoms with Crippen LogP contribution in [0.3, 0.4) is 0 Å². The van der Waals surface area contributed by atoms with Crippen LogP contribution in [-0.4, -0.2) is 38.6 Å². The summed E-state index contributed by atoms with van der Waals surface area (Å²) in [5.41, 5.74) is 5.12. The number of carbonyl (C=O) groups excluding carboxylic acids is 2. The molecule has 1 saturated carbocycles. The first-order valence-electron chi connectivity index (χ1n) is 11.8. The molecule has 0 aliphatic heterocycles. The van der Waals surface area contributed by atoms with E-state index >= 15 is 0 Å². The Morgan fingerprint density at radius 2 is 1.72 bits per heavy atom. The molecule has 196 valence electrons. The van der Waals surface area contributed by atoms with Crippen LogP contribution in [0.5, 0.6) is 0 Å². The van der Waals surface area contributed by atoms with E-state index in [0.29, 0.717) is 18.9 Å². The third-order valence-electron chi connectivity index (χ3n) is 6.41. The zero-order chi connectivity index (χ0) is 26.5. The van der Waals surface area contributed by atoms with E-state index in [1.807, 2.05) is 6.92 Å². The van der Waals surface area contributed by atoms with Gasteiger partial charge in [0.1, 0.15) is 0 Å². The van der Waals surface area contributed by atoms with E-state index in [0.717, 1.165) is 37.0 Å². The number of rotatable bonds is 8. The summed E-state index contributed by atoms with van der Waals surface area (Å²) >= 11 is 0. The predicted octanol–water partition coefficient (Wildman–Crippen LogP) is 3.73. The Kier molecular flexibility index (Phi) is 8.65. The summed E-state index contributed by atoms with van der Waals surface area (Å²) < 4.78 is 64.8. The lowest BCUT2D eigenvalue weighted by Crippen LogP contribution is -2.47. The van der Waals surface area contributed by atoms with Gasteiger partial charge in [-0.3, -0.25) is 9.59 Å². The van der Waals surface area contributed by atoms with Gasteiger partial charge in [-0.05, 0) is 61.1 Å². The van der Waals surface area contributed by atoms with E-state index in [1.165, 1.54) is 0 Å². The van der Waals surface area contributed by atoms with Crippen LogP contribution >= 0.6 is 0 Å². The van der Waals surface area contributed by atoms with Crippen molar-refractivity contribution >= 4 is 27.3 Å².